The smallest absolute Gasteiger partial charge is 0.236 e. The third kappa shape index (κ3) is 2.68. The molecule has 1 heterocycles. The highest BCUT2D eigenvalue weighted by atomic mass is 32.2. The van der Waals surface area contributed by atoms with Crippen molar-refractivity contribution in [2.24, 2.45) is 5.73 Å². The summed E-state index contributed by atoms with van der Waals surface area (Å²) in [6, 6.07) is 0.0366. The molecule has 0 spiro atoms. The van der Waals surface area contributed by atoms with E-state index in [0.29, 0.717) is 12.8 Å². The summed E-state index contributed by atoms with van der Waals surface area (Å²) in [4.78, 5) is 12.8. The van der Waals surface area contributed by atoms with Gasteiger partial charge >= 0.3 is 0 Å². The molecule has 1 rings (SSSR count). The molecule has 1 saturated heterocycles. The molecule has 14 heavy (non-hydrogen) atoms. The van der Waals surface area contributed by atoms with Crippen molar-refractivity contribution in [2.45, 2.75) is 18.9 Å². The van der Waals surface area contributed by atoms with Crippen LogP contribution in [0.1, 0.15) is 12.8 Å². The number of carbonyl (C=O) groups is 1. The summed E-state index contributed by atoms with van der Waals surface area (Å²) in [6.07, 6.45) is 1.06. The highest BCUT2D eigenvalue weighted by molar-refractivity contribution is 7.91. The number of likely N-dealkylation sites (N-methyl/N-ethyl adjacent to an activating group) is 1. The molecule has 0 aliphatic carbocycles. The van der Waals surface area contributed by atoms with Gasteiger partial charge in [-0.05, 0) is 12.8 Å². The maximum absolute atomic E-state index is 11.2. The number of hydrogen-bond donors (Lipinski definition) is 1. The molecule has 1 aliphatic heterocycles. The number of hydrogen-bond acceptors (Lipinski definition) is 4. The van der Waals surface area contributed by atoms with E-state index in [-0.39, 0.29) is 30.0 Å². The lowest BCUT2D eigenvalue weighted by Gasteiger charge is -2.30. The van der Waals surface area contributed by atoms with Gasteiger partial charge < -0.3 is 10.6 Å². The topological polar surface area (TPSA) is 80.5 Å². The first-order valence-electron chi connectivity index (χ1n) is 4.62. The normalized spacial score (nSPS) is 21.9. The molecule has 0 aromatic rings. The zero-order valence-electron chi connectivity index (χ0n) is 8.27. The SMILES string of the molecule is CN(C(=O)CN)C1CCS(=O)(=O)CC1. The van der Waals surface area contributed by atoms with Crippen LogP contribution in [0.2, 0.25) is 0 Å². The second-order valence-corrected chi connectivity index (χ2v) is 5.90. The number of sulfone groups is 1. The van der Waals surface area contributed by atoms with Crippen molar-refractivity contribution in [3.05, 3.63) is 0 Å². The second-order valence-electron chi connectivity index (χ2n) is 3.59. The van der Waals surface area contributed by atoms with Gasteiger partial charge in [0.2, 0.25) is 5.91 Å². The maximum atomic E-state index is 11.2. The number of amides is 1. The van der Waals surface area contributed by atoms with Gasteiger partial charge in [-0.2, -0.15) is 0 Å². The van der Waals surface area contributed by atoms with Crippen LogP contribution in [-0.4, -0.2) is 50.4 Å². The molecule has 82 valence electrons. The summed E-state index contributed by atoms with van der Waals surface area (Å²) >= 11 is 0. The fourth-order valence-electron chi connectivity index (χ4n) is 1.61. The molecular formula is C8H16N2O3S. The molecule has 0 aromatic heterocycles. The molecule has 0 unspecified atom stereocenters. The van der Waals surface area contributed by atoms with Crippen molar-refractivity contribution >= 4 is 15.7 Å². The molecular weight excluding hydrogens is 204 g/mol. The summed E-state index contributed by atoms with van der Waals surface area (Å²) < 4.78 is 22.3. The van der Waals surface area contributed by atoms with Crippen LogP contribution in [0.5, 0.6) is 0 Å². The van der Waals surface area contributed by atoms with Gasteiger partial charge in [-0.25, -0.2) is 8.42 Å². The molecule has 0 atom stereocenters. The van der Waals surface area contributed by atoms with Crippen molar-refractivity contribution in [1.82, 2.24) is 4.90 Å². The lowest BCUT2D eigenvalue weighted by molar-refractivity contribution is -0.130. The van der Waals surface area contributed by atoms with Crippen LogP contribution in [-0.2, 0) is 14.6 Å². The van der Waals surface area contributed by atoms with E-state index in [0.717, 1.165) is 0 Å². The minimum absolute atomic E-state index is 0.0141. The molecule has 0 aromatic carbocycles. The van der Waals surface area contributed by atoms with E-state index < -0.39 is 9.84 Å². The Morgan fingerprint density at radius 1 is 1.43 bits per heavy atom. The summed E-state index contributed by atoms with van der Waals surface area (Å²) in [5.74, 6) is 0.231. The first-order valence-corrected chi connectivity index (χ1v) is 6.44. The average molecular weight is 220 g/mol. The highest BCUT2D eigenvalue weighted by Crippen LogP contribution is 2.16. The monoisotopic (exact) mass is 220 g/mol. The zero-order valence-corrected chi connectivity index (χ0v) is 9.09. The summed E-state index contributed by atoms with van der Waals surface area (Å²) in [6.45, 7) is -0.0141. The maximum Gasteiger partial charge on any atom is 0.236 e. The molecule has 0 saturated carbocycles. The lowest BCUT2D eigenvalue weighted by Crippen LogP contribution is -2.44. The van der Waals surface area contributed by atoms with E-state index in [4.69, 9.17) is 5.73 Å². The molecule has 1 amide bonds. The number of carbonyl (C=O) groups excluding carboxylic acids is 1. The molecule has 0 bridgehead atoms. The van der Waals surface area contributed by atoms with Gasteiger partial charge in [0.1, 0.15) is 9.84 Å². The molecule has 5 nitrogen and oxygen atoms in total. The van der Waals surface area contributed by atoms with Crippen molar-refractivity contribution in [3.8, 4) is 0 Å². The molecule has 0 radical (unpaired) electrons. The van der Waals surface area contributed by atoms with Gasteiger partial charge in [0.05, 0.1) is 18.1 Å². The minimum Gasteiger partial charge on any atom is -0.342 e. The summed E-state index contributed by atoms with van der Waals surface area (Å²) in [5, 5.41) is 0. The number of nitrogens with zero attached hydrogens (tertiary/aromatic N) is 1. The Morgan fingerprint density at radius 3 is 2.36 bits per heavy atom. The van der Waals surface area contributed by atoms with Crippen molar-refractivity contribution in [2.75, 3.05) is 25.1 Å². The van der Waals surface area contributed by atoms with Crippen LogP contribution in [0, 0.1) is 0 Å². The third-order valence-electron chi connectivity index (χ3n) is 2.64. The summed E-state index contributed by atoms with van der Waals surface area (Å²) in [7, 11) is -1.17. The van der Waals surface area contributed by atoms with Gasteiger partial charge in [0.15, 0.2) is 0 Å². The molecule has 2 N–H and O–H groups in total. The first kappa shape index (κ1) is 11.5. The van der Waals surface area contributed by atoms with Crippen LogP contribution < -0.4 is 5.73 Å². The predicted molar refractivity (Wildman–Crippen MR) is 53.5 cm³/mol. The molecule has 1 fully saturated rings. The summed E-state index contributed by atoms with van der Waals surface area (Å²) in [5.41, 5.74) is 5.22. The molecule has 6 heteroatoms. The second kappa shape index (κ2) is 4.27. The van der Waals surface area contributed by atoms with Crippen LogP contribution in [0.25, 0.3) is 0 Å². The van der Waals surface area contributed by atoms with Gasteiger partial charge in [-0.3, -0.25) is 4.79 Å². The van der Waals surface area contributed by atoms with E-state index in [1.807, 2.05) is 0 Å². The molecule has 1 aliphatic rings. The van der Waals surface area contributed by atoms with Gasteiger partial charge in [-0.15, -0.1) is 0 Å². The van der Waals surface area contributed by atoms with Gasteiger partial charge in [0.25, 0.3) is 0 Å². The lowest BCUT2D eigenvalue weighted by atomic mass is 10.1. The van der Waals surface area contributed by atoms with Crippen LogP contribution in [0.4, 0.5) is 0 Å². The van der Waals surface area contributed by atoms with Crippen LogP contribution >= 0.6 is 0 Å². The minimum atomic E-state index is -2.85. The van der Waals surface area contributed by atoms with Crippen molar-refractivity contribution in [3.63, 3.8) is 0 Å². The Labute approximate surface area is 84.2 Å². The Bertz CT molecular complexity index is 299. The van der Waals surface area contributed by atoms with Crippen LogP contribution in [0.15, 0.2) is 0 Å². The fraction of sp³-hybridized carbons (Fsp3) is 0.875. The van der Waals surface area contributed by atoms with Gasteiger partial charge in [-0.1, -0.05) is 0 Å². The van der Waals surface area contributed by atoms with E-state index >= 15 is 0 Å². The zero-order chi connectivity index (χ0) is 10.8. The van der Waals surface area contributed by atoms with Crippen molar-refractivity contribution < 1.29 is 13.2 Å². The van der Waals surface area contributed by atoms with Crippen molar-refractivity contribution in [1.29, 1.82) is 0 Å². The Kier molecular flexibility index (Phi) is 3.49. The fourth-order valence-corrected chi connectivity index (χ4v) is 3.08. The predicted octanol–water partition coefficient (Wildman–Crippen LogP) is -1.02. The van der Waals surface area contributed by atoms with E-state index in [9.17, 15) is 13.2 Å². The van der Waals surface area contributed by atoms with E-state index in [1.54, 1.807) is 11.9 Å². The average Bonchev–Trinajstić information content (AvgIpc) is 2.15. The Hall–Kier alpha value is -0.620. The van der Waals surface area contributed by atoms with E-state index in [2.05, 4.69) is 0 Å². The quantitative estimate of drug-likeness (QED) is 0.646. The Balaban J connectivity index is 2.53. The van der Waals surface area contributed by atoms with Crippen LogP contribution in [0.3, 0.4) is 0 Å². The highest BCUT2D eigenvalue weighted by Gasteiger charge is 2.27. The first-order chi connectivity index (χ1) is 6.46. The number of nitrogens with two attached hydrogens (primary N) is 1. The van der Waals surface area contributed by atoms with Gasteiger partial charge in [0, 0.05) is 13.1 Å². The Morgan fingerprint density at radius 2 is 1.93 bits per heavy atom. The number of rotatable bonds is 2. The standard InChI is InChI=1S/C8H16N2O3S/c1-10(8(11)6-9)7-2-4-14(12,13)5-3-7/h7H,2-6,9H2,1H3. The third-order valence-corrected chi connectivity index (χ3v) is 4.36. The van der Waals surface area contributed by atoms with E-state index in [1.165, 1.54) is 0 Å². The largest absolute Gasteiger partial charge is 0.342 e.